The molecule has 0 aliphatic carbocycles. The van der Waals surface area contributed by atoms with Crippen LogP contribution in [-0.2, 0) is 10.2 Å². The van der Waals surface area contributed by atoms with E-state index in [0.29, 0.717) is 5.69 Å². The van der Waals surface area contributed by atoms with Gasteiger partial charge in [0.25, 0.3) is 0 Å². The third-order valence-corrected chi connectivity index (χ3v) is 3.30. The van der Waals surface area contributed by atoms with Crippen molar-refractivity contribution in [2.24, 2.45) is 5.73 Å². The second kappa shape index (κ2) is 4.38. The van der Waals surface area contributed by atoms with Crippen molar-refractivity contribution in [2.75, 3.05) is 0 Å². The first kappa shape index (κ1) is 12.5. The second-order valence-electron chi connectivity index (χ2n) is 4.93. The number of nitrogens with two attached hydrogens (primary N) is 1. The van der Waals surface area contributed by atoms with E-state index in [9.17, 15) is 4.79 Å². The number of carboxylic acids is 1. The zero-order chi connectivity index (χ0) is 13.3. The standard InChI is InChI=1S/C14H16N2O2/c1-14(2,12(15)13(17)18)11-8-7-9-5-3-4-6-10(9)16-11/h3-8,12H,15H2,1-2H3,(H,17,18). The van der Waals surface area contributed by atoms with Gasteiger partial charge in [0.05, 0.1) is 5.52 Å². The summed E-state index contributed by atoms with van der Waals surface area (Å²) in [7, 11) is 0. The molecule has 2 rings (SSSR count). The Balaban J connectivity index is 2.50. The molecular formula is C14H16N2O2. The number of benzene rings is 1. The van der Waals surface area contributed by atoms with Crippen molar-refractivity contribution < 1.29 is 9.90 Å². The minimum atomic E-state index is -1.02. The normalized spacial score (nSPS) is 13.5. The van der Waals surface area contributed by atoms with Crippen LogP contribution in [0, 0.1) is 0 Å². The summed E-state index contributed by atoms with van der Waals surface area (Å²) in [6.07, 6.45) is 0. The summed E-state index contributed by atoms with van der Waals surface area (Å²) in [5.41, 5.74) is 6.56. The maximum atomic E-state index is 11.0. The molecule has 0 spiro atoms. The largest absolute Gasteiger partial charge is 0.480 e. The third kappa shape index (κ3) is 2.07. The molecule has 3 N–H and O–H groups in total. The summed E-state index contributed by atoms with van der Waals surface area (Å²) in [5, 5.41) is 10.1. The van der Waals surface area contributed by atoms with Gasteiger partial charge in [-0.2, -0.15) is 0 Å². The lowest BCUT2D eigenvalue weighted by Gasteiger charge is -2.28. The number of hydrogen-bond donors (Lipinski definition) is 2. The number of carboxylic acid groups (broad SMARTS) is 1. The van der Waals surface area contributed by atoms with Gasteiger partial charge in [-0.05, 0) is 12.1 Å². The number of pyridine rings is 1. The topological polar surface area (TPSA) is 76.2 Å². The fourth-order valence-corrected chi connectivity index (χ4v) is 1.89. The minimum absolute atomic E-state index is 0.691. The Morgan fingerprint density at radius 1 is 1.28 bits per heavy atom. The predicted octanol–water partition coefficient (Wildman–Crippen LogP) is 1.92. The van der Waals surface area contributed by atoms with E-state index < -0.39 is 17.4 Å². The SMILES string of the molecule is CC(C)(c1ccc2ccccc2n1)C(N)C(=O)O. The Kier molecular flexibility index (Phi) is 3.05. The van der Waals surface area contributed by atoms with Crippen LogP contribution in [0.1, 0.15) is 19.5 Å². The van der Waals surface area contributed by atoms with Gasteiger partial charge in [0.15, 0.2) is 0 Å². The van der Waals surface area contributed by atoms with Gasteiger partial charge >= 0.3 is 5.97 Å². The molecule has 0 fully saturated rings. The van der Waals surface area contributed by atoms with Gasteiger partial charge in [0, 0.05) is 16.5 Å². The fraction of sp³-hybridized carbons (Fsp3) is 0.286. The molecule has 0 bridgehead atoms. The summed E-state index contributed by atoms with van der Waals surface area (Å²) in [4.78, 5) is 15.5. The predicted molar refractivity (Wildman–Crippen MR) is 70.4 cm³/mol. The average Bonchev–Trinajstić information content (AvgIpc) is 2.37. The smallest absolute Gasteiger partial charge is 0.321 e. The Morgan fingerprint density at radius 3 is 2.61 bits per heavy atom. The van der Waals surface area contributed by atoms with Crippen molar-refractivity contribution in [1.82, 2.24) is 4.98 Å². The highest BCUT2D eigenvalue weighted by molar-refractivity contribution is 5.79. The number of nitrogens with zero attached hydrogens (tertiary/aromatic N) is 1. The van der Waals surface area contributed by atoms with Crippen LogP contribution in [0.4, 0.5) is 0 Å². The fourth-order valence-electron chi connectivity index (χ4n) is 1.89. The van der Waals surface area contributed by atoms with Crippen LogP contribution in [0.2, 0.25) is 0 Å². The summed E-state index contributed by atoms with van der Waals surface area (Å²) in [6, 6.07) is 10.5. The van der Waals surface area contributed by atoms with Gasteiger partial charge in [0.2, 0.25) is 0 Å². The molecule has 18 heavy (non-hydrogen) atoms. The first-order chi connectivity index (χ1) is 8.43. The van der Waals surface area contributed by atoms with Crippen LogP contribution in [0.15, 0.2) is 36.4 Å². The third-order valence-electron chi connectivity index (χ3n) is 3.30. The number of rotatable bonds is 3. The molecule has 0 saturated carbocycles. The second-order valence-corrected chi connectivity index (χ2v) is 4.93. The number of aromatic nitrogens is 1. The summed E-state index contributed by atoms with van der Waals surface area (Å²) in [5.74, 6) is -1.02. The highest BCUT2D eigenvalue weighted by Gasteiger charge is 2.35. The quantitative estimate of drug-likeness (QED) is 0.864. The molecule has 0 amide bonds. The van der Waals surface area contributed by atoms with Crippen LogP contribution in [0.25, 0.3) is 10.9 Å². The lowest BCUT2D eigenvalue weighted by molar-refractivity contribution is -0.140. The Bertz CT molecular complexity index is 593. The number of fused-ring (bicyclic) bond motifs is 1. The molecule has 1 atom stereocenters. The van der Waals surface area contributed by atoms with Crippen LogP contribution in [-0.4, -0.2) is 22.1 Å². The zero-order valence-corrected chi connectivity index (χ0v) is 10.4. The van der Waals surface area contributed by atoms with Crippen molar-refractivity contribution in [3.8, 4) is 0 Å². The lowest BCUT2D eigenvalue weighted by Crippen LogP contribution is -2.47. The van der Waals surface area contributed by atoms with Gasteiger partial charge in [-0.25, -0.2) is 0 Å². The van der Waals surface area contributed by atoms with E-state index in [1.54, 1.807) is 13.8 Å². The van der Waals surface area contributed by atoms with Crippen molar-refractivity contribution in [3.63, 3.8) is 0 Å². The van der Waals surface area contributed by atoms with Gasteiger partial charge in [-0.15, -0.1) is 0 Å². The number of aliphatic carboxylic acids is 1. The number of para-hydroxylation sites is 1. The molecule has 4 heteroatoms. The molecule has 2 aromatic rings. The Morgan fingerprint density at radius 2 is 1.94 bits per heavy atom. The van der Waals surface area contributed by atoms with E-state index in [0.717, 1.165) is 10.9 Å². The molecule has 94 valence electrons. The molecule has 0 radical (unpaired) electrons. The summed E-state index contributed by atoms with van der Waals surface area (Å²) < 4.78 is 0. The molecule has 0 aliphatic heterocycles. The van der Waals surface area contributed by atoms with Gasteiger partial charge in [0.1, 0.15) is 6.04 Å². The monoisotopic (exact) mass is 244 g/mol. The van der Waals surface area contributed by atoms with Gasteiger partial charge in [-0.1, -0.05) is 38.1 Å². The van der Waals surface area contributed by atoms with Crippen LogP contribution in [0.5, 0.6) is 0 Å². The van der Waals surface area contributed by atoms with Crippen LogP contribution >= 0.6 is 0 Å². The Labute approximate surface area is 105 Å². The van der Waals surface area contributed by atoms with Crippen LogP contribution < -0.4 is 5.73 Å². The maximum absolute atomic E-state index is 11.0. The van der Waals surface area contributed by atoms with E-state index >= 15 is 0 Å². The van der Waals surface area contributed by atoms with Gasteiger partial charge < -0.3 is 10.8 Å². The number of hydrogen-bond acceptors (Lipinski definition) is 3. The van der Waals surface area contributed by atoms with Crippen molar-refractivity contribution in [3.05, 3.63) is 42.1 Å². The first-order valence-corrected chi connectivity index (χ1v) is 5.77. The molecule has 4 nitrogen and oxygen atoms in total. The van der Waals surface area contributed by atoms with Crippen molar-refractivity contribution >= 4 is 16.9 Å². The van der Waals surface area contributed by atoms with E-state index in [1.165, 1.54) is 0 Å². The molecule has 1 aromatic heterocycles. The molecule has 0 saturated heterocycles. The zero-order valence-electron chi connectivity index (χ0n) is 10.4. The van der Waals surface area contributed by atoms with Gasteiger partial charge in [-0.3, -0.25) is 9.78 Å². The molecule has 1 heterocycles. The molecule has 1 aromatic carbocycles. The highest BCUT2D eigenvalue weighted by Crippen LogP contribution is 2.26. The van der Waals surface area contributed by atoms with Crippen LogP contribution in [0.3, 0.4) is 0 Å². The molecule has 0 aliphatic rings. The van der Waals surface area contributed by atoms with Crippen molar-refractivity contribution in [1.29, 1.82) is 0 Å². The van der Waals surface area contributed by atoms with E-state index in [4.69, 9.17) is 10.8 Å². The average molecular weight is 244 g/mol. The maximum Gasteiger partial charge on any atom is 0.321 e. The number of carbonyl (C=O) groups is 1. The van der Waals surface area contributed by atoms with E-state index in [1.807, 2.05) is 36.4 Å². The molecule has 1 unspecified atom stereocenters. The summed E-state index contributed by atoms with van der Waals surface area (Å²) in [6.45, 7) is 3.59. The first-order valence-electron chi connectivity index (χ1n) is 5.77. The summed E-state index contributed by atoms with van der Waals surface area (Å²) >= 11 is 0. The Hall–Kier alpha value is -1.94. The van der Waals surface area contributed by atoms with Crippen molar-refractivity contribution in [2.45, 2.75) is 25.3 Å². The lowest BCUT2D eigenvalue weighted by atomic mass is 9.81. The molecular weight excluding hydrogens is 228 g/mol. The highest BCUT2D eigenvalue weighted by atomic mass is 16.4. The van der Waals surface area contributed by atoms with E-state index in [-0.39, 0.29) is 0 Å². The minimum Gasteiger partial charge on any atom is -0.480 e. The van der Waals surface area contributed by atoms with E-state index in [2.05, 4.69) is 4.98 Å².